The molecule has 5 heteroatoms. The second-order valence-corrected chi connectivity index (χ2v) is 3.64. The third-order valence-electron chi connectivity index (χ3n) is 1.48. The van der Waals surface area contributed by atoms with Gasteiger partial charge in [-0.2, -0.15) is 0 Å². The second kappa shape index (κ2) is 2.57. The van der Waals surface area contributed by atoms with Gasteiger partial charge in [0, 0.05) is 0 Å². The van der Waals surface area contributed by atoms with Crippen molar-refractivity contribution in [3.05, 3.63) is 32.6 Å². The molecule has 1 aromatic heterocycles. The Morgan fingerprint density at radius 1 is 1.50 bits per heavy atom. The average Bonchev–Trinajstić information content (AvgIpc) is 2.41. The lowest BCUT2D eigenvalue weighted by Crippen LogP contribution is -1.90. The first kappa shape index (κ1) is 7.76. The van der Waals surface area contributed by atoms with Crippen LogP contribution in [0.5, 0.6) is 0 Å². The Bertz CT molecular complexity index is 448. The van der Waals surface area contributed by atoms with Crippen LogP contribution in [-0.4, -0.2) is 4.98 Å². The summed E-state index contributed by atoms with van der Waals surface area (Å²) in [6.45, 7) is 0. The fourth-order valence-electron chi connectivity index (χ4n) is 0.970. The maximum atomic E-state index is 13.0. The van der Waals surface area contributed by atoms with Gasteiger partial charge < -0.3 is 4.98 Å². The van der Waals surface area contributed by atoms with Gasteiger partial charge in [-0.15, -0.1) is 0 Å². The zero-order chi connectivity index (χ0) is 8.72. The van der Waals surface area contributed by atoms with Crippen molar-refractivity contribution in [1.29, 1.82) is 0 Å². The number of hydrogen-bond acceptors (Lipinski definition) is 2. The minimum atomic E-state index is -0.451. The predicted octanol–water partition coefficient (Wildman–Crippen LogP) is 2.38. The Morgan fingerprint density at radius 2 is 2.25 bits per heavy atom. The molecule has 62 valence electrons. The molecule has 1 N–H and O–H groups in total. The van der Waals surface area contributed by atoms with Gasteiger partial charge in [-0.05, 0) is 12.1 Å². The van der Waals surface area contributed by atoms with Crippen LogP contribution in [0.25, 0.3) is 10.2 Å². The number of rotatable bonds is 0. The van der Waals surface area contributed by atoms with E-state index < -0.39 is 5.82 Å². The Kier molecular flexibility index (Phi) is 1.66. The Hall–Kier alpha value is -0.870. The lowest BCUT2D eigenvalue weighted by molar-refractivity contribution is 0.637. The van der Waals surface area contributed by atoms with E-state index in [2.05, 4.69) is 4.98 Å². The predicted molar refractivity (Wildman–Crippen MR) is 47.4 cm³/mol. The Balaban J connectivity index is 3.03. The van der Waals surface area contributed by atoms with E-state index in [9.17, 15) is 9.18 Å². The first-order valence-corrected chi connectivity index (χ1v) is 4.35. The van der Waals surface area contributed by atoms with Gasteiger partial charge >= 0.3 is 4.87 Å². The van der Waals surface area contributed by atoms with Crippen LogP contribution in [0.1, 0.15) is 0 Å². The molecule has 0 amide bonds. The van der Waals surface area contributed by atoms with Crippen LogP contribution in [-0.2, 0) is 0 Å². The van der Waals surface area contributed by atoms with Crippen molar-refractivity contribution in [3.63, 3.8) is 0 Å². The number of hydrogen-bond donors (Lipinski definition) is 1. The van der Waals surface area contributed by atoms with E-state index >= 15 is 0 Å². The summed E-state index contributed by atoms with van der Waals surface area (Å²) in [7, 11) is 0. The van der Waals surface area contributed by atoms with Crippen molar-refractivity contribution in [2.75, 3.05) is 0 Å². The summed E-state index contributed by atoms with van der Waals surface area (Å²) in [5, 5.41) is 0.398. The highest BCUT2D eigenvalue weighted by Gasteiger charge is 2.07. The van der Waals surface area contributed by atoms with Gasteiger partial charge in [0.1, 0.15) is 5.82 Å². The summed E-state index contributed by atoms with van der Waals surface area (Å²) in [6.07, 6.45) is 0. The molecule has 0 aliphatic rings. The van der Waals surface area contributed by atoms with Gasteiger partial charge in [0.25, 0.3) is 0 Å². The van der Waals surface area contributed by atoms with Gasteiger partial charge in [0.2, 0.25) is 0 Å². The molecule has 0 aliphatic heterocycles. The number of nitrogens with one attached hydrogen (secondary N) is 1. The number of H-pyrrole nitrogens is 1. The van der Waals surface area contributed by atoms with Crippen molar-refractivity contribution < 1.29 is 4.39 Å². The minimum absolute atomic E-state index is 0.192. The SMILES string of the molecule is O=c1[nH]c2c(F)ccc(Cl)c2s1. The molecule has 12 heavy (non-hydrogen) atoms. The molecule has 1 aromatic carbocycles. The standard InChI is InChI=1S/C7H3ClFNOS/c8-3-1-2-4(9)5-6(3)12-7(11)10-5/h1-2H,(H,10,11). The first-order chi connectivity index (χ1) is 5.68. The lowest BCUT2D eigenvalue weighted by atomic mass is 10.3. The number of thiazole rings is 1. The molecule has 1 heterocycles. The van der Waals surface area contributed by atoms with Crippen LogP contribution >= 0.6 is 22.9 Å². The molecule has 0 spiro atoms. The maximum absolute atomic E-state index is 13.0. The molecular weight excluding hydrogens is 201 g/mol. The Morgan fingerprint density at radius 3 is 2.92 bits per heavy atom. The fourth-order valence-corrected chi connectivity index (χ4v) is 2.00. The van der Waals surface area contributed by atoms with E-state index in [4.69, 9.17) is 11.6 Å². The molecule has 0 saturated heterocycles. The molecule has 2 aromatic rings. The highest BCUT2D eigenvalue weighted by molar-refractivity contribution is 7.17. The molecule has 0 atom stereocenters. The van der Waals surface area contributed by atoms with E-state index in [-0.39, 0.29) is 10.4 Å². The van der Waals surface area contributed by atoms with Crippen LogP contribution in [0.3, 0.4) is 0 Å². The van der Waals surface area contributed by atoms with Crippen LogP contribution in [0.4, 0.5) is 4.39 Å². The molecule has 2 rings (SSSR count). The largest absolute Gasteiger partial charge is 0.310 e. The van der Waals surface area contributed by atoms with E-state index in [1.807, 2.05) is 0 Å². The van der Waals surface area contributed by atoms with Crippen molar-refractivity contribution in [1.82, 2.24) is 4.98 Å². The highest BCUT2D eigenvalue weighted by Crippen LogP contribution is 2.25. The van der Waals surface area contributed by atoms with Crippen LogP contribution in [0.15, 0.2) is 16.9 Å². The molecular formula is C7H3ClFNOS. The molecule has 0 unspecified atom stereocenters. The number of fused-ring (bicyclic) bond motifs is 1. The van der Waals surface area contributed by atoms with Gasteiger partial charge in [0.05, 0.1) is 15.2 Å². The second-order valence-electron chi connectivity index (χ2n) is 2.25. The highest BCUT2D eigenvalue weighted by atomic mass is 35.5. The Labute approximate surface area is 75.6 Å². The van der Waals surface area contributed by atoms with E-state index in [1.165, 1.54) is 12.1 Å². The molecule has 0 bridgehead atoms. The summed E-state index contributed by atoms with van der Waals surface area (Å²) >= 11 is 6.64. The molecule has 0 radical (unpaired) electrons. The number of aromatic nitrogens is 1. The third kappa shape index (κ3) is 1.04. The first-order valence-electron chi connectivity index (χ1n) is 3.15. The van der Waals surface area contributed by atoms with E-state index in [0.29, 0.717) is 9.72 Å². The summed E-state index contributed by atoms with van der Waals surface area (Å²) < 4.78 is 13.4. The normalized spacial score (nSPS) is 10.8. The van der Waals surface area contributed by atoms with Gasteiger partial charge in [0.15, 0.2) is 0 Å². The molecule has 0 fully saturated rings. The number of aromatic amines is 1. The average molecular weight is 204 g/mol. The van der Waals surface area contributed by atoms with Gasteiger partial charge in [-0.3, -0.25) is 4.79 Å². The zero-order valence-corrected chi connectivity index (χ0v) is 7.30. The number of benzene rings is 1. The van der Waals surface area contributed by atoms with E-state index in [1.54, 1.807) is 0 Å². The summed E-state index contributed by atoms with van der Waals surface area (Å²) in [4.78, 5) is 12.9. The maximum Gasteiger partial charge on any atom is 0.305 e. The molecule has 0 aliphatic carbocycles. The van der Waals surface area contributed by atoms with Crippen LogP contribution in [0, 0.1) is 5.82 Å². The monoisotopic (exact) mass is 203 g/mol. The van der Waals surface area contributed by atoms with Crippen LogP contribution < -0.4 is 4.87 Å². The summed E-state index contributed by atoms with van der Waals surface area (Å²) in [6, 6.07) is 2.66. The van der Waals surface area contributed by atoms with Crippen molar-refractivity contribution in [2.45, 2.75) is 0 Å². The van der Waals surface area contributed by atoms with E-state index in [0.717, 1.165) is 11.3 Å². The molecule has 2 nitrogen and oxygen atoms in total. The van der Waals surface area contributed by atoms with Gasteiger partial charge in [-0.1, -0.05) is 22.9 Å². The van der Waals surface area contributed by atoms with Crippen LogP contribution in [0.2, 0.25) is 5.02 Å². The summed E-state index contributed by atoms with van der Waals surface area (Å²) in [5.74, 6) is -0.451. The fraction of sp³-hybridized carbons (Fsp3) is 0. The summed E-state index contributed by atoms with van der Waals surface area (Å²) in [5.41, 5.74) is 0.192. The molecule has 0 saturated carbocycles. The topological polar surface area (TPSA) is 32.9 Å². The van der Waals surface area contributed by atoms with Crippen molar-refractivity contribution in [2.24, 2.45) is 0 Å². The lowest BCUT2D eigenvalue weighted by Gasteiger charge is -1.92. The van der Waals surface area contributed by atoms with Crippen molar-refractivity contribution in [3.8, 4) is 0 Å². The quantitative estimate of drug-likeness (QED) is 0.701. The van der Waals surface area contributed by atoms with Gasteiger partial charge in [-0.25, -0.2) is 4.39 Å². The smallest absolute Gasteiger partial charge is 0.305 e. The van der Waals surface area contributed by atoms with Crippen molar-refractivity contribution >= 4 is 33.2 Å². The third-order valence-corrected chi connectivity index (χ3v) is 2.82. The number of halogens is 2. The zero-order valence-electron chi connectivity index (χ0n) is 5.73. The minimum Gasteiger partial charge on any atom is -0.310 e.